The van der Waals surface area contributed by atoms with E-state index in [2.05, 4.69) is 23.5 Å². The first-order chi connectivity index (χ1) is 14.1. The van der Waals surface area contributed by atoms with Crippen molar-refractivity contribution in [2.45, 2.75) is 88.8 Å². The molecule has 3 fully saturated rings. The summed E-state index contributed by atoms with van der Waals surface area (Å²) < 4.78 is 11.7. The van der Waals surface area contributed by atoms with Crippen LogP contribution in [0.5, 0.6) is 5.75 Å². The molecule has 1 aliphatic carbocycles. The third-order valence-electron chi connectivity index (χ3n) is 7.97. The fraction of sp³-hybridized carbons (Fsp3) is 0.720. The molecule has 0 amide bonds. The van der Waals surface area contributed by atoms with E-state index < -0.39 is 0 Å². The number of fused-ring (bicyclic) bond motifs is 3. The molecule has 0 spiro atoms. The van der Waals surface area contributed by atoms with Crippen molar-refractivity contribution >= 4 is 5.97 Å². The van der Waals surface area contributed by atoms with Crippen molar-refractivity contribution < 1.29 is 14.3 Å². The van der Waals surface area contributed by atoms with Crippen molar-refractivity contribution in [1.82, 2.24) is 5.32 Å². The Balaban J connectivity index is 1.34. The van der Waals surface area contributed by atoms with E-state index in [0.29, 0.717) is 30.0 Å². The van der Waals surface area contributed by atoms with Gasteiger partial charge in [0.2, 0.25) is 0 Å². The molecule has 1 aromatic carbocycles. The van der Waals surface area contributed by atoms with Crippen LogP contribution < -0.4 is 10.1 Å². The van der Waals surface area contributed by atoms with Crippen LogP contribution in [0.4, 0.5) is 0 Å². The second-order valence-corrected chi connectivity index (χ2v) is 9.96. The highest BCUT2D eigenvalue weighted by molar-refractivity contribution is 5.73. The van der Waals surface area contributed by atoms with Gasteiger partial charge in [0.15, 0.2) is 0 Å². The maximum atomic E-state index is 12.2. The number of ether oxygens (including phenoxy) is 2. The molecule has 1 N–H and O–H groups in total. The van der Waals surface area contributed by atoms with E-state index in [-0.39, 0.29) is 17.8 Å². The third-order valence-corrected chi connectivity index (χ3v) is 7.97. The Hall–Kier alpha value is -1.55. The van der Waals surface area contributed by atoms with Gasteiger partial charge < -0.3 is 14.8 Å². The Bertz CT molecular complexity index is 746. The molecule has 5 rings (SSSR count). The molecule has 4 nitrogen and oxygen atoms in total. The highest BCUT2D eigenvalue weighted by Gasteiger charge is 2.40. The molecule has 2 saturated heterocycles. The Morgan fingerprint density at radius 1 is 1.14 bits per heavy atom. The van der Waals surface area contributed by atoms with Crippen LogP contribution in [0, 0.1) is 17.8 Å². The molecule has 6 atom stereocenters. The summed E-state index contributed by atoms with van der Waals surface area (Å²) in [6.45, 7) is 2.02. The van der Waals surface area contributed by atoms with Crippen LogP contribution in [0.3, 0.4) is 0 Å². The molecule has 3 heterocycles. The van der Waals surface area contributed by atoms with E-state index in [1.54, 1.807) is 0 Å². The zero-order valence-electron chi connectivity index (χ0n) is 17.9. The van der Waals surface area contributed by atoms with Crippen LogP contribution in [-0.4, -0.2) is 31.3 Å². The van der Waals surface area contributed by atoms with Crippen LogP contribution in [0.2, 0.25) is 0 Å². The van der Waals surface area contributed by atoms with E-state index in [9.17, 15) is 4.79 Å². The van der Waals surface area contributed by atoms with Gasteiger partial charge in [-0.25, -0.2) is 0 Å². The number of aryl methyl sites for hydroxylation is 1. The second kappa shape index (κ2) is 7.94. The van der Waals surface area contributed by atoms with Crippen molar-refractivity contribution in [3.05, 3.63) is 29.3 Å². The Kier molecular flexibility index (Phi) is 5.32. The van der Waals surface area contributed by atoms with Gasteiger partial charge in [-0.05, 0) is 86.3 Å². The minimum Gasteiger partial charge on any atom is -0.490 e. The zero-order chi connectivity index (χ0) is 20.0. The zero-order valence-corrected chi connectivity index (χ0v) is 17.9. The second-order valence-electron chi connectivity index (χ2n) is 9.96. The molecular formula is C25H35NO3. The van der Waals surface area contributed by atoms with E-state index >= 15 is 0 Å². The van der Waals surface area contributed by atoms with Gasteiger partial charge in [-0.3, -0.25) is 4.79 Å². The summed E-state index contributed by atoms with van der Waals surface area (Å²) in [5, 5.41) is 3.81. The topological polar surface area (TPSA) is 47.6 Å². The number of hydrogen-bond acceptors (Lipinski definition) is 4. The normalized spacial score (nSPS) is 33.2. The summed E-state index contributed by atoms with van der Waals surface area (Å²) in [6.07, 6.45) is 11.6. The summed E-state index contributed by atoms with van der Waals surface area (Å²) in [5.74, 6) is 2.40. The molecule has 29 heavy (non-hydrogen) atoms. The molecule has 158 valence electrons. The minimum absolute atomic E-state index is 0.0975. The fourth-order valence-corrected chi connectivity index (χ4v) is 6.32. The molecule has 3 aliphatic heterocycles. The molecule has 4 aliphatic rings. The van der Waals surface area contributed by atoms with Crippen molar-refractivity contribution in [1.29, 1.82) is 0 Å². The number of carbonyl (C=O) groups excluding carboxylic acids is 1. The molecule has 1 saturated carbocycles. The molecule has 0 unspecified atom stereocenters. The van der Waals surface area contributed by atoms with Crippen LogP contribution in [0.1, 0.15) is 75.3 Å². The van der Waals surface area contributed by atoms with Crippen molar-refractivity contribution in [3.8, 4) is 5.75 Å². The Labute approximate surface area is 174 Å². The van der Waals surface area contributed by atoms with E-state index in [1.807, 2.05) is 6.92 Å². The highest BCUT2D eigenvalue weighted by Crippen LogP contribution is 2.48. The molecule has 0 radical (unpaired) electrons. The van der Waals surface area contributed by atoms with Gasteiger partial charge in [-0.2, -0.15) is 0 Å². The van der Waals surface area contributed by atoms with Crippen LogP contribution >= 0.6 is 0 Å². The Morgan fingerprint density at radius 3 is 2.59 bits per heavy atom. The van der Waals surface area contributed by atoms with Crippen LogP contribution in [-0.2, 0) is 16.0 Å². The lowest BCUT2D eigenvalue weighted by Crippen LogP contribution is -2.51. The highest BCUT2D eigenvalue weighted by atomic mass is 16.5. The number of benzene rings is 1. The van der Waals surface area contributed by atoms with E-state index in [4.69, 9.17) is 9.47 Å². The van der Waals surface area contributed by atoms with Gasteiger partial charge in [0.25, 0.3) is 0 Å². The smallest absolute Gasteiger partial charge is 0.309 e. The summed E-state index contributed by atoms with van der Waals surface area (Å²) in [7, 11) is 1.50. The van der Waals surface area contributed by atoms with Gasteiger partial charge in [0.05, 0.1) is 13.0 Å². The maximum absolute atomic E-state index is 12.2. The summed E-state index contributed by atoms with van der Waals surface area (Å²) in [6, 6.07) is 8.14. The quantitative estimate of drug-likeness (QED) is 0.738. The van der Waals surface area contributed by atoms with Gasteiger partial charge in [0.1, 0.15) is 11.9 Å². The van der Waals surface area contributed by atoms with Crippen molar-refractivity contribution in [3.63, 3.8) is 0 Å². The molecule has 0 aromatic heterocycles. The van der Waals surface area contributed by atoms with Gasteiger partial charge in [-0.15, -0.1) is 0 Å². The average Bonchev–Trinajstić information content (AvgIpc) is 3.57. The third kappa shape index (κ3) is 3.93. The lowest BCUT2D eigenvalue weighted by molar-refractivity contribution is -0.145. The van der Waals surface area contributed by atoms with E-state index in [1.165, 1.54) is 63.2 Å². The number of rotatable bonds is 5. The average molecular weight is 398 g/mol. The SMILES string of the molecule is COC(=O)[C@H](C)[C@H](c1ccc2c(c1)O[C@@H]([C@H]1C[C@H]3CCC[C@@H](C1)N3)CC2)C1CC1. The van der Waals surface area contributed by atoms with Crippen LogP contribution in [0.15, 0.2) is 18.2 Å². The number of esters is 1. The number of carbonyl (C=O) groups is 1. The van der Waals surface area contributed by atoms with Gasteiger partial charge in [-0.1, -0.05) is 25.5 Å². The monoisotopic (exact) mass is 397 g/mol. The molecular weight excluding hydrogens is 362 g/mol. The first-order valence-corrected chi connectivity index (χ1v) is 11.8. The van der Waals surface area contributed by atoms with Crippen molar-refractivity contribution in [2.24, 2.45) is 17.8 Å². The molecule has 2 bridgehead atoms. The largest absolute Gasteiger partial charge is 0.490 e. The summed E-state index contributed by atoms with van der Waals surface area (Å²) >= 11 is 0. The maximum Gasteiger partial charge on any atom is 0.309 e. The van der Waals surface area contributed by atoms with Gasteiger partial charge in [0, 0.05) is 12.1 Å². The fourth-order valence-electron chi connectivity index (χ4n) is 6.32. The summed E-state index contributed by atoms with van der Waals surface area (Å²) in [4.78, 5) is 12.2. The predicted molar refractivity (Wildman–Crippen MR) is 113 cm³/mol. The molecule has 4 heteroatoms. The molecule has 1 aromatic rings. The lowest BCUT2D eigenvalue weighted by atomic mass is 9.76. The number of piperidine rings is 2. The summed E-state index contributed by atoms with van der Waals surface area (Å²) in [5.41, 5.74) is 2.59. The first kappa shape index (κ1) is 19.4. The number of hydrogen-bond donors (Lipinski definition) is 1. The minimum atomic E-state index is -0.103. The lowest BCUT2D eigenvalue weighted by Gasteiger charge is -2.44. The Morgan fingerprint density at radius 2 is 1.90 bits per heavy atom. The standard InChI is InChI=1S/C25H35NO3/c1-15(25(27)28-2)24(17-7-8-17)18-9-6-16-10-11-22(29-23(16)14-18)19-12-20-4-3-5-21(13-19)26-20/h6,9,14-15,17,19-22,24,26H,3-5,7-8,10-13H2,1-2H3/t15-,19-,20+,21-,22-,24+/m1/s1. The van der Waals surface area contributed by atoms with Gasteiger partial charge >= 0.3 is 5.97 Å². The van der Waals surface area contributed by atoms with Crippen molar-refractivity contribution in [2.75, 3.05) is 7.11 Å². The number of methoxy groups -OCH3 is 1. The first-order valence-electron chi connectivity index (χ1n) is 11.8. The van der Waals surface area contributed by atoms with Crippen LogP contribution in [0.25, 0.3) is 0 Å². The van der Waals surface area contributed by atoms with E-state index in [0.717, 1.165) is 18.6 Å². The number of nitrogens with one attached hydrogen (secondary N) is 1. The predicted octanol–water partition coefficient (Wildman–Crippen LogP) is 4.60.